The van der Waals surface area contributed by atoms with Gasteiger partial charge in [-0.3, -0.25) is 0 Å². The molecule has 0 amide bonds. The van der Waals surface area contributed by atoms with Crippen molar-refractivity contribution in [1.82, 2.24) is 0 Å². The lowest BCUT2D eigenvalue weighted by Crippen LogP contribution is -2.02. The van der Waals surface area contributed by atoms with Crippen LogP contribution in [-0.2, 0) is 0 Å². The van der Waals surface area contributed by atoms with E-state index >= 15 is 0 Å². The average Bonchev–Trinajstić information content (AvgIpc) is 2.46. The number of rotatable bonds is 2. The van der Waals surface area contributed by atoms with Gasteiger partial charge in [0.1, 0.15) is 23.9 Å². The van der Waals surface area contributed by atoms with Crippen molar-refractivity contribution in [3.63, 3.8) is 0 Å². The molecule has 0 unspecified atom stereocenters. The van der Waals surface area contributed by atoms with Crippen molar-refractivity contribution in [2.45, 2.75) is 0 Å². The third-order valence-corrected chi connectivity index (χ3v) is 3.08. The van der Waals surface area contributed by atoms with Gasteiger partial charge in [0.15, 0.2) is 0 Å². The Balaban J connectivity index is 2.19. The van der Waals surface area contributed by atoms with Crippen LogP contribution in [0.25, 0.3) is 17.2 Å². The summed E-state index contributed by atoms with van der Waals surface area (Å²) >= 11 is 0. The van der Waals surface area contributed by atoms with E-state index in [-0.39, 0.29) is 5.82 Å². The second-order valence-electron chi connectivity index (χ2n) is 4.32. The van der Waals surface area contributed by atoms with E-state index in [2.05, 4.69) is 0 Å². The topological polar surface area (TPSA) is 18.5 Å². The fourth-order valence-electron chi connectivity index (χ4n) is 2.21. The fourth-order valence-corrected chi connectivity index (χ4v) is 2.21. The predicted molar refractivity (Wildman–Crippen MR) is 72.9 cm³/mol. The molecule has 0 saturated carbocycles. The van der Waals surface area contributed by atoms with E-state index in [0.717, 1.165) is 28.2 Å². The molecule has 0 saturated heterocycles. The molecule has 0 radical (unpaired) electrons. The summed E-state index contributed by atoms with van der Waals surface area (Å²) in [4.78, 5) is 0. The summed E-state index contributed by atoms with van der Waals surface area (Å²) in [6, 6.07) is 10.5. The quantitative estimate of drug-likeness (QED) is 0.811. The number of hydrogen-bond donors (Lipinski definition) is 0. The number of benzene rings is 2. The minimum absolute atomic E-state index is 0.272. The summed E-state index contributed by atoms with van der Waals surface area (Å²) < 4.78 is 24.5. The SMILES string of the molecule is COc1cccc(-c2cc(F)cc3c2OCC=C3)c1. The Labute approximate surface area is 111 Å². The molecule has 0 aromatic heterocycles. The standard InChI is InChI=1S/C16H13FO2/c1-18-14-6-2-4-11(9-14)15-10-13(17)8-12-5-3-7-19-16(12)15/h2-6,8-10H,7H2,1H3. The molecule has 1 aliphatic heterocycles. The van der Waals surface area contributed by atoms with Crippen LogP contribution in [0.5, 0.6) is 11.5 Å². The molecule has 3 rings (SSSR count). The summed E-state index contributed by atoms with van der Waals surface area (Å²) in [6.07, 6.45) is 3.75. The smallest absolute Gasteiger partial charge is 0.135 e. The van der Waals surface area contributed by atoms with E-state index in [1.807, 2.05) is 36.4 Å². The second kappa shape index (κ2) is 4.76. The first-order valence-corrected chi connectivity index (χ1v) is 6.05. The van der Waals surface area contributed by atoms with Gasteiger partial charge in [0.2, 0.25) is 0 Å². The van der Waals surface area contributed by atoms with Crippen molar-refractivity contribution in [3.05, 3.63) is 53.9 Å². The molecule has 0 fully saturated rings. The van der Waals surface area contributed by atoms with Gasteiger partial charge in [0.25, 0.3) is 0 Å². The number of hydrogen-bond acceptors (Lipinski definition) is 2. The Kier molecular flexibility index (Phi) is 2.95. The molecule has 3 heteroatoms. The third-order valence-electron chi connectivity index (χ3n) is 3.08. The highest BCUT2D eigenvalue weighted by molar-refractivity contribution is 5.78. The molecular weight excluding hydrogens is 243 g/mol. The van der Waals surface area contributed by atoms with Crippen LogP contribution in [-0.4, -0.2) is 13.7 Å². The van der Waals surface area contributed by atoms with Gasteiger partial charge in [-0.1, -0.05) is 18.2 Å². The Morgan fingerprint density at radius 3 is 2.95 bits per heavy atom. The Hall–Kier alpha value is -2.29. The van der Waals surface area contributed by atoms with E-state index in [4.69, 9.17) is 9.47 Å². The lowest BCUT2D eigenvalue weighted by Gasteiger charge is -2.17. The first-order valence-electron chi connectivity index (χ1n) is 6.05. The van der Waals surface area contributed by atoms with Crippen LogP contribution in [0.2, 0.25) is 0 Å². The summed E-state index contributed by atoms with van der Waals surface area (Å²) in [6.45, 7) is 0.510. The summed E-state index contributed by atoms with van der Waals surface area (Å²) in [7, 11) is 1.61. The highest BCUT2D eigenvalue weighted by Gasteiger charge is 2.15. The molecule has 2 aromatic carbocycles. The van der Waals surface area contributed by atoms with Crippen LogP contribution in [0, 0.1) is 5.82 Å². The Bertz CT molecular complexity index is 647. The van der Waals surface area contributed by atoms with E-state index in [1.54, 1.807) is 7.11 Å². The van der Waals surface area contributed by atoms with Gasteiger partial charge in [0.05, 0.1) is 7.11 Å². The lowest BCUT2D eigenvalue weighted by atomic mass is 9.99. The van der Waals surface area contributed by atoms with Gasteiger partial charge in [-0.05, 0) is 35.9 Å². The van der Waals surface area contributed by atoms with Gasteiger partial charge in [0, 0.05) is 11.1 Å². The maximum atomic E-state index is 13.7. The average molecular weight is 256 g/mol. The summed E-state index contributed by atoms with van der Waals surface area (Å²) in [5.74, 6) is 1.19. The highest BCUT2D eigenvalue weighted by Crippen LogP contribution is 2.37. The molecule has 0 N–H and O–H groups in total. The molecule has 0 bridgehead atoms. The molecule has 19 heavy (non-hydrogen) atoms. The molecule has 1 aliphatic rings. The normalized spacial score (nSPS) is 12.7. The molecule has 1 heterocycles. The highest BCUT2D eigenvalue weighted by atomic mass is 19.1. The maximum absolute atomic E-state index is 13.7. The van der Waals surface area contributed by atoms with Gasteiger partial charge in [-0.25, -0.2) is 4.39 Å². The molecule has 0 spiro atoms. The van der Waals surface area contributed by atoms with E-state index in [1.165, 1.54) is 12.1 Å². The Morgan fingerprint density at radius 2 is 2.11 bits per heavy atom. The first-order chi connectivity index (χ1) is 9.28. The van der Waals surface area contributed by atoms with Crippen molar-refractivity contribution in [3.8, 4) is 22.6 Å². The first kappa shape index (κ1) is 11.8. The minimum atomic E-state index is -0.272. The monoisotopic (exact) mass is 256 g/mol. The predicted octanol–water partition coefficient (Wildman–Crippen LogP) is 3.91. The van der Waals surface area contributed by atoms with Crippen LogP contribution in [0.4, 0.5) is 4.39 Å². The van der Waals surface area contributed by atoms with Gasteiger partial charge in [-0.2, -0.15) is 0 Å². The minimum Gasteiger partial charge on any atom is -0.497 e. The zero-order valence-corrected chi connectivity index (χ0v) is 10.5. The van der Waals surface area contributed by atoms with Crippen LogP contribution < -0.4 is 9.47 Å². The van der Waals surface area contributed by atoms with Crippen molar-refractivity contribution in [2.75, 3.05) is 13.7 Å². The van der Waals surface area contributed by atoms with Gasteiger partial charge >= 0.3 is 0 Å². The van der Waals surface area contributed by atoms with Crippen molar-refractivity contribution < 1.29 is 13.9 Å². The van der Waals surface area contributed by atoms with Crippen LogP contribution in [0.3, 0.4) is 0 Å². The summed E-state index contributed by atoms with van der Waals surface area (Å²) in [5.41, 5.74) is 2.40. The molecule has 0 aliphatic carbocycles. The van der Waals surface area contributed by atoms with Crippen LogP contribution in [0.15, 0.2) is 42.5 Å². The number of methoxy groups -OCH3 is 1. The molecule has 0 atom stereocenters. The largest absolute Gasteiger partial charge is 0.497 e. The van der Waals surface area contributed by atoms with Crippen LogP contribution in [0.1, 0.15) is 5.56 Å². The zero-order chi connectivity index (χ0) is 13.2. The third kappa shape index (κ3) is 2.19. The number of halogens is 1. The lowest BCUT2D eigenvalue weighted by molar-refractivity contribution is 0.359. The molecule has 2 nitrogen and oxygen atoms in total. The number of fused-ring (bicyclic) bond motifs is 1. The zero-order valence-electron chi connectivity index (χ0n) is 10.5. The van der Waals surface area contributed by atoms with Crippen LogP contribution >= 0.6 is 0 Å². The van der Waals surface area contributed by atoms with Crippen molar-refractivity contribution >= 4 is 6.08 Å². The van der Waals surface area contributed by atoms with Crippen molar-refractivity contribution in [2.24, 2.45) is 0 Å². The summed E-state index contributed by atoms with van der Waals surface area (Å²) in [5, 5.41) is 0. The van der Waals surface area contributed by atoms with E-state index in [0.29, 0.717) is 6.61 Å². The second-order valence-corrected chi connectivity index (χ2v) is 4.32. The van der Waals surface area contributed by atoms with E-state index in [9.17, 15) is 4.39 Å². The molecule has 96 valence electrons. The van der Waals surface area contributed by atoms with Crippen molar-refractivity contribution in [1.29, 1.82) is 0 Å². The van der Waals surface area contributed by atoms with Gasteiger partial charge in [-0.15, -0.1) is 0 Å². The molecule has 2 aromatic rings. The Morgan fingerprint density at radius 1 is 1.21 bits per heavy atom. The maximum Gasteiger partial charge on any atom is 0.135 e. The van der Waals surface area contributed by atoms with E-state index < -0.39 is 0 Å². The molecular formula is C16H13FO2. The van der Waals surface area contributed by atoms with Gasteiger partial charge < -0.3 is 9.47 Å². The fraction of sp³-hybridized carbons (Fsp3) is 0.125. The number of ether oxygens (including phenoxy) is 2.